The van der Waals surface area contributed by atoms with Gasteiger partial charge < -0.3 is 10.2 Å². The zero-order valence-corrected chi connectivity index (χ0v) is 22.9. The fourth-order valence-corrected chi connectivity index (χ4v) is 7.77. The maximum atomic E-state index is 14.0. The summed E-state index contributed by atoms with van der Waals surface area (Å²) in [5.41, 5.74) is -3.69. The number of hydrogen-bond acceptors (Lipinski definition) is 6. The summed E-state index contributed by atoms with van der Waals surface area (Å²) in [7, 11) is 0. The Hall–Kier alpha value is -2.67. The Morgan fingerprint density at radius 2 is 1.62 bits per heavy atom. The number of aliphatic carboxylic acids is 1. The molecule has 0 aromatic heterocycles. The Morgan fingerprint density at radius 1 is 1.03 bits per heavy atom. The van der Waals surface area contributed by atoms with Crippen LogP contribution in [0.5, 0.6) is 0 Å². The summed E-state index contributed by atoms with van der Waals surface area (Å²) < 4.78 is 0. The maximum Gasteiger partial charge on any atom is 0.306 e. The van der Waals surface area contributed by atoms with Crippen molar-refractivity contribution in [1.82, 2.24) is 0 Å². The first-order valence-electron chi connectivity index (χ1n) is 13.1. The van der Waals surface area contributed by atoms with E-state index in [-0.39, 0.29) is 35.3 Å². The molecule has 0 radical (unpaired) electrons. The van der Waals surface area contributed by atoms with Crippen LogP contribution in [0, 0.1) is 33.5 Å². The number of ketones is 4. The molecule has 4 aliphatic rings. The SMILES string of the molecule is CC(CC(=O)CC(C)(O)C1=CC(=O)[C@@]2(C)C3=CC[C@H]4C(C)(C)C(=O)CC[C@]4(C)C3=CC(=O)[C@]12C)C(=O)O. The molecule has 0 bridgehead atoms. The van der Waals surface area contributed by atoms with Gasteiger partial charge in [0.05, 0.1) is 22.3 Å². The highest BCUT2D eigenvalue weighted by atomic mass is 16.4. The lowest BCUT2D eigenvalue weighted by Crippen LogP contribution is -2.57. The van der Waals surface area contributed by atoms with Gasteiger partial charge in [0.15, 0.2) is 11.6 Å². The summed E-state index contributed by atoms with van der Waals surface area (Å²) in [6.07, 6.45) is 5.92. The van der Waals surface area contributed by atoms with E-state index < -0.39 is 51.4 Å². The third kappa shape index (κ3) is 3.53. The Morgan fingerprint density at radius 3 is 2.22 bits per heavy atom. The topological polar surface area (TPSA) is 126 Å². The fraction of sp³-hybridized carbons (Fsp3) is 0.633. The van der Waals surface area contributed by atoms with Gasteiger partial charge in [0, 0.05) is 24.7 Å². The van der Waals surface area contributed by atoms with Gasteiger partial charge in [-0.25, -0.2) is 0 Å². The average Bonchev–Trinajstić information content (AvgIpc) is 3.00. The second-order valence-electron chi connectivity index (χ2n) is 13.0. The first-order chi connectivity index (χ1) is 16.8. The van der Waals surface area contributed by atoms with Gasteiger partial charge in [-0.2, -0.15) is 0 Å². The normalized spacial score (nSPS) is 36.8. The largest absolute Gasteiger partial charge is 0.481 e. The van der Waals surface area contributed by atoms with E-state index >= 15 is 0 Å². The minimum Gasteiger partial charge on any atom is -0.481 e. The van der Waals surface area contributed by atoms with Crippen LogP contribution in [0.25, 0.3) is 0 Å². The molecule has 200 valence electrons. The highest BCUT2D eigenvalue weighted by Crippen LogP contribution is 2.68. The van der Waals surface area contributed by atoms with Crippen LogP contribution in [0.15, 0.2) is 34.9 Å². The molecule has 37 heavy (non-hydrogen) atoms. The molecule has 0 aliphatic heterocycles. The van der Waals surface area contributed by atoms with Crippen molar-refractivity contribution in [2.75, 3.05) is 0 Å². The van der Waals surface area contributed by atoms with Gasteiger partial charge in [-0.3, -0.25) is 24.0 Å². The number of aliphatic hydroxyl groups is 1. The average molecular weight is 511 g/mol. The van der Waals surface area contributed by atoms with E-state index in [1.54, 1.807) is 19.9 Å². The lowest BCUT2D eigenvalue weighted by atomic mass is 9.44. The van der Waals surface area contributed by atoms with Crippen molar-refractivity contribution in [3.05, 3.63) is 34.9 Å². The molecular formula is C30H38O7. The predicted octanol–water partition coefficient (Wildman–Crippen LogP) is 4.18. The van der Waals surface area contributed by atoms with Crippen LogP contribution >= 0.6 is 0 Å². The monoisotopic (exact) mass is 510 g/mol. The molecule has 0 spiro atoms. The van der Waals surface area contributed by atoms with Gasteiger partial charge in [-0.15, -0.1) is 0 Å². The summed E-state index contributed by atoms with van der Waals surface area (Å²) >= 11 is 0. The van der Waals surface area contributed by atoms with Crippen LogP contribution in [0.3, 0.4) is 0 Å². The molecule has 0 amide bonds. The quantitative estimate of drug-likeness (QED) is 0.549. The number of hydrogen-bond donors (Lipinski definition) is 2. The third-order valence-corrected chi connectivity index (χ3v) is 10.4. The second kappa shape index (κ2) is 8.16. The van der Waals surface area contributed by atoms with Crippen molar-refractivity contribution in [3.63, 3.8) is 0 Å². The molecule has 2 unspecified atom stereocenters. The van der Waals surface area contributed by atoms with Gasteiger partial charge in [0.2, 0.25) is 0 Å². The van der Waals surface area contributed by atoms with Crippen LogP contribution in [-0.4, -0.2) is 44.9 Å². The Kier molecular flexibility index (Phi) is 6.04. The first kappa shape index (κ1) is 27.4. The van der Waals surface area contributed by atoms with Gasteiger partial charge in [0.25, 0.3) is 0 Å². The van der Waals surface area contributed by atoms with E-state index in [0.29, 0.717) is 19.3 Å². The van der Waals surface area contributed by atoms with Crippen LogP contribution in [0.4, 0.5) is 0 Å². The zero-order chi connectivity index (χ0) is 27.9. The minimum atomic E-state index is -1.81. The molecule has 0 saturated heterocycles. The standard InChI is InChI=1S/C30H38O7/c1-16(25(35)36)12-17(31)15-28(5,37)21-14-24(34)29(6)18-8-9-20-26(2,3)22(32)10-11-27(20,4)19(18)13-23(33)30(21,29)7/h8,13-14,16,20,37H,9-12,15H2,1-7H3,(H,35,36)/t16?,20-,27+,28?,29+,30-/m0/s1. The smallest absolute Gasteiger partial charge is 0.306 e. The van der Waals surface area contributed by atoms with Crippen LogP contribution < -0.4 is 0 Å². The van der Waals surface area contributed by atoms with Crippen molar-refractivity contribution in [3.8, 4) is 0 Å². The molecule has 4 aliphatic carbocycles. The van der Waals surface area contributed by atoms with E-state index in [4.69, 9.17) is 5.11 Å². The summed E-state index contributed by atoms with van der Waals surface area (Å²) in [6, 6.07) is 0. The van der Waals surface area contributed by atoms with Gasteiger partial charge in [0.1, 0.15) is 11.6 Å². The van der Waals surface area contributed by atoms with Crippen LogP contribution in [0.2, 0.25) is 0 Å². The van der Waals surface area contributed by atoms with E-state index in [9.17, 15) is 29.1 Å². The highest BCUT2D eigenvalue weighted by Gasteiger charge is 2.68. The summed E-state index contributed by atoms with van der Waals surface area (Å²) in [6.45, 7) is 12.3. The summed E-state index contributed by atoms with van der Waals surface area (Å²) in [5.74, 6) is -2.85. The van der Waals surface area contributed by atoms with Crippen molar-refractivity contribution in [2.24, 2.45) is 33.5 Å². The van der Waals surface area contributed by atoms with E-state index in [2.05, 4.69) is 6.92 Å². The van der Waals surface area contributed by atoms with Gasteiger partial charge in [-0.05, 0) is 73.8 Å². The zero-order valence-electron chi connectivity index (χ0n) is 22.9. The van der Waals surface area contributed by atoms with E-state index in [1.807, 2.05) is 19.9 Å². The number of carboxylic acids is 1. The van der Waals surface area contributed by atoms with Crippen molar-refractivity contribution in [1.29, 1.82) is 0 Å². The number of rotatable bonds is 6. The molecule has 0 heterocycles. The predicted molar refractivity (Wildman–Crippen MR) is 136 cm³/mol. The maximum absolute atomic E-state index is 14.0. The minimum absolute atomic E-state index is 0.00195. The molecule has 2 N–H and O–H groups in total. The van der Waals surface area contributed by atoms with E-state index in [1.165, 1.54) is 19.9 Å². The number of Topliss-reactive ketones (excluding diaryl/α,β-unsaturated/α-hetero) is 2. The van der Waals surface area contributed by atoms with E-state index in [0.717, 1.165) is 11.1 Å². The van der Waals surface area contributed by atoms with Gasteiger partial charge >= 0.3 is 5.97 Å². The molecule has 1 saturated carbocycles. The molecule has 7 nitrogen and oxygen atoms in total. The second-order valence-corrected chi connectivity index (χ2v) is 13.0. The van der Waals surface area contributed by atoms with Crippen molar-refractivity contribution >= 4 is 29.1 Å². The fourth-order valence-electron chi connectivity index (χ4n) is 7.77. The lowest BCUT2D eigenvalue weighted by molar-refractivity contribution is -0.143. The van der Waals surface area contributed by atoms with Crippen molar-refractivity contribution < 1.29 is 34.2 Å². The molecule has 1 fully saturated rings. The molecule has 0 aromatic rings. The number of allylic oxidation sites excluding steroid dienone is 5. The number of carbonyl (C=O) groups is 5. The van der Waals surface area contributed by atoms with Crippen LogP contribution in [-0.2, 0) is 24.0 Å². The Balaban J connectivity index is 1.77. The number of fused-ring (bicyclic) bond motifs is 5. The van der Waals surface area contributed by atoms with Crippen LogP contribution in [0.1, 0.15) is 80.6 Å². The molecule has 7 heteroatoms. The molecule has 4 rings (SSSR count). The first-order valence-corrected chi connectivity index (χ1v) is 13.1. The molecule has 0 aromatic carbocycles. The Bertz CT molecular complexity index is 1230. The number of carbonyl (C=O) groups excluding carboxylic acids is 4. The van der Waals surface area contributed by atoms with Gasteiger partial charge in [-0.1, -0.05) is 33.8 Å². The van der Waals surface area contributed by atoms with Crippen molar-refractivity contribution in [2.45, 2.75) is 86.2 Å². The number of carboxylic acid groups (broad SMARTS) is 1. The summed E-state index contributed by atoms with van der Waals surface area (Å²) in [5, 5.41) is 20.7. The third-order valence-electron chi connectivity index (χ3n) is 10.4. The molecule has 6 atom stereocenters. The lowest BCUT2D eigenvalue weighted by Gasteiger charge is -2.58. The Labute approximate surface area is 218 Å². The summed E-state index contributed by atoms with van der Waals surface area (Å²) in [4.78, 5) is 64.4. The highest BCUT2D eigenvalue weighted by molar-refractivity contribution is 6.15. The molecular weight excluding hydrogens is 472 g/mol.